The fourth-order valence-corrected chi connectivity index (χ4v) is 5.42. The molecule has 2 heteroatoms. The molecule has 26 heavy (non-hydrogen) atoms. The molecule has 1 aliphatic carbocycles. The van der Waals surface area contributed by atoms with E-state index in [0.29, 0.717) is 23.3 Å². The van der Waals surface area contributed by atoms with Crippen molar-refractivity contribution < 1.29 is 10.2 Å². The molecule has 2 atom stereocenters. The van der Waals surface area contributed by atoms with Gasteiger partial charge < -0.3 is 10.2 Å². The molecule has 0 radical (unpaired) electrons. The molecule has 0 bridgehead atoms. The van der Waals surface area contributed by atoms with Crippen LogP contribution in [0.2, 0.25) is 0 Å². The molecule has 0 saturated heterocycles. The quantitative estimate of drug-likeness (QED) is 0.631. The Morgan fingerprint density at radius 3 is 1.46 bits per heavy atom. The lowest BCUT2D eigenvalue weighted by molar-refractivity contribution is 0.123. The fourth-order valence-electron chi connectivity index (χ4n) is 5.42. The third-order valence-corrected chi connectivity index (χ3v) is 6.36. The van der Waals surface area contributed by atoms with Gasteiger partial charge in [-0.3, -0.25) is 0 Å². The topological polar surface area (TPSA) is 40.5 Å². The molecule has 2 nitrogen and oxygen atoms in total. The first-order valence-corrected chi connectivity index (χ1v) is 10.2. The number of rotatable bonds is 6. The van der Waals surface area contributed by atoms with E-state index in [9.17, 15) is 10.2 Å². The Kier molecular flexibility index (Phi) is 5.90. The van der Waals surface area contributed by atoms with Gasteiger partial charge in [-0.2, -0.15) is 0 Å². The summed E-state index contributed by atoms with van der Waals surface area (Å²) in [4.78, 5) is 0. The van der Waals surface area contributed by atoms with E-state index in [1.807, 2.05) is 24.3 Å². The number of phenols is 2. The molecule has 140 valence electrons. The maximum atomic E-state index is 9.85. The Hall–Kier alpha value is -1.96. The minimum atomic E-state index is -0.0360. The minimum Gasteiger partial charge on any atom is -0.508 e. The summed E-state index contributed by atoms with van der Waals surface area (Å²) >= 11 is 0. The number of aromatic hydroxyl groups is 2. The first kappa shape index (κ1) is 18.8. The second-order valence-corrected chi connectivity index (χ2v) is 7.86. The Morgan fingerprint density at radius 2 is 1.12 bits per heavy atom. The van der Waals surface area contributed by atoms with Crippen LogP contribution in [0.1, 0.15) is 69.9 Å². The van der Waals surface area contributed by atoms with Crippen LogP contribution >= 0.6 is 0 Å². The molecule has 0 heterocycles. The van der Waals surface area contributed by atoms with Crippen molar-refractivity contribution >= 4 is 0 Å². The van der Waals surface area contributed by atoms with Crippen molar-refractivity contribution in [3.8, 4) is 11.5 Å². The molecule has 3 rings (SSSR count). The highest BCUT2D eigenvalue weighted by atomic mass is 16.3. The van der Waals surface area contributed by atoms with Crippen LogP contribution < -0.4 is 0 Å². The van der Waals surface area contributed by atoms with Crippen molar-refractivity contribution in [3.05, 3.63) is 59.7 Å². The SMILES string of the molecule is CCCC1CCCC(CCC)C1(c1ccc(O)cc1)c1ccc(O)cc1. The Morgan fingerprint density at radius 1 is 0.731 bits per heavy atom. The number of phenolic OH excluding ortho intramolecular Hbond substituents is 2. The van der Waals surface area contributed by atoms with Gasteiger partial charge in [0, 0.05) is 5.41 Å². The van der Waals surface area contributed by atoms with Crippen molar-refractivity contribution in [2.24, 2.45) is 11.8 Å². The van der Waals surface area contributed by atoms with E-state index in [1.165, 1.54) is 56.1 Å². The summed E-state index contributed by atoms with van der Waals surface area (Å²) in [6.45, 7) is 4.56. The number of benzene rings is 2. The second kappa shape index (κ2) is 8.16. The predicted molar refractivity (Wildman–Crippen MR) is 108 cm³/mol. The monoisotopic (exact) mass is 352 g/mol. The average Bonchev–Trinajstić information content (AvgIpc) is 2.65. The van der Waals surface area contributed by atoms with Gasteiger partial charge >= 0.3 is 0 Å². The minimum absolute atomic E-state index is 0.0360. The maximum Gasteiger partial charge on any atom is 0.115 e. The fraction of sp³-hybridized carbons (Fsp3) is 0.500. The summed E-state index contributed by atoms with van der Waals surface area (Å²) in [5.41, 5.74) is 2.60. The molecule has 2 unspecified atom stereocenters. The molecule has 2 aromatic rings. The van der Waals surface area contributed by atoms with Gasteiger partial charge in [-0.25, -0.2) is 0 Å². The van der Waals surface area contributed by atoms with E-state index < -0.39 is 0 Å². The summed E-state index contributed by atoms with van der Waals surface area (Å²) in [6, 6.07) is 15.8. The van der Waals surface area contributed by atoms with Crippen molar-refractivity contribution in [2.75, 3.05) is 0 Å². The predicted octanol–water partition coefficient (Wildman–Crippen LogP) is 6.40. The highest BCUT2D eigenvalue weighted by Crippen LogP contribution is 2.55. The lowest BCUT2D eigenvalue weighted by Crippen LogP contribution is -2.46. The van der Waals surface area contributed by atoms with E-state index >= 15 is 0 Å². The molecule has 1 fully saturated rings. The van der Waals surface area contributed by atoms with E-state index in [0.717, 1.165) is 0 Å². The molecule has 0 aliphatic heterocycles. The van der Waals surface area contributed by atoms with Gasteiger partial charge in [0.15, 0.2) is 0 Å². The smallest absolute Gasteiger partial charge is 0.115 e. The van der Waals surface area contributed by atoms with Gasteiger partial charge in [0.1, 0.15) is 11.5 Å². The van der Waals surface area contributed by atoms with Crippen LogP contribution in [-0.2, 0) is 5.41 Å². The maximum absolute atomic E-state index is 9.85. The summed E-state index contributed by atoms with van der Waals surface area (Å²) in [5, 5.41) is 19.7. The molecule has 1 saturated carbocycles. The Labute approximate surface area is 157 Å². The molecule has 2 N–H and O–H groups in total. The standard InChI is InChI=1S/C24H32O2/c1-3-6-18-8-5-9-19(7-4-2)24(18,20-10-14-22(25)15-11-20)21-12-16-23(26)17-13-21/h10-19,25-26H,3-9H2,1-2H3. The second-order valence-electron chi connectivity index (χ2n) is 7.86. The van der Waals surface area contributed by atoms with Crippen molar-refractivity contribution in [2.45, 2.75) is 64.2 Å². The molecule has 0 aromatic heterocycles. The zero-order chi connectivity index (χ0) is 18.6. The Balaban J connectivity index is 2.23. The van der Waals surface area contributed by atoms with Gasteiger partial charge in [0.2, 0.25) is 0 Å². The van der Waals surface area contributed by atoms with Gasteiger partial charge in [0.25, 0.3) is 0 Å². The van der Waals surface area contributed by atoms with E-state index in [-0.39, 0.29) is 5.41 Å². The van der Waals surface area contributed by atoms with Crippen LogP contribution in [0.3, 0.4) is 0 Å². The normalized spacial score (nSPS) is 22.2. The van der Waals surface area contributed by atoms with E-state index in [4.69, 9.17) is 0 Å². The first-order chi connectivity index (χ1) is 12.6. The highest BCUT2D eigenvalue weighted by molar-refractivity contribution is 5.45. The lowest BCUT2D eigenvalue weighted by Gasteiger charge is -2.51. The molecule has 1 aliphatic rings. The van der Waals surface area contributed by atoms with Gasteiger partial charge in [0.05, 0.1) is 0 Å². The van der Waals surface area contributed by atoms with Crippen LogP contribution in [0.5, 0.6) is 11.5 Å². The van der Waals surface area contributed by atoms with Gasteiger partial charge in [-0.05, 0) is 72.9 Å². The Bertz CT molecular complexity index is 622. The van der Waals surface area contributed by atoms with Crippen molar-refractivity contribution in [1.29, 1.82) is 0 Å². The largest absolute Gasteiger partial charge is 0.508 e. The van der Waals surface area contributed by atoms with Crippen LogP contribution in [0.15, 0.2) is 48.5 Å². The molecule has 0 spiro atoms. The summed E-state index contributed by atoms with van der Waals surface area (Å²) in [7, 11) is 0. The van der Waals surface area contributed by atoms with Crippen molar-refractivity contribution in [1.82, 2.24) is 0 Å². The molecule has 0 amide bonds. The summed E-state index contributed by atoms with van der Waals surface area (Å²) in [6.07, 6.45) is 8.58. The third-order valence-electron chi connectivity index (χ3n) is 6.36. The van der Waals surface area contributed by atoms with Crippen LogP contribution in [0, 0.1) is 11.8 Å². The average molecular weight is 353 g/mol. The van der Waals surface area contributed by atoms with Gasteiger partial charge in [-0.15, -0.1) is 0 Å². The highest BCUT2D eigenvalue weighted by Gasteiger charge is 2.48. The van der Waals surface area contributed by atoms with Crippen molar-refractivity contribution in [3.63, 3.8) is 0 Å². The zero-order valence-electron chi connectivity index (χ0n) is 16.1. The number of hydrogen-bond donors (Lipinski definition) is 2. The first-order valence-electron chi connectivity index (χ1n) is 10.2. The lowest BCUT2D eigenvalue weighted by atomic mass is 9.52. The summed E-state index contributed by atoms with van der Waals surface area (Å²) in [5.74, 6) is 1.83. The van der Waals surface area contributed by atoms with E-state index in [2.05, 4.69) is 38.1 Å². The molecular weight excluding hydrogens is 320 g/mol. The third kappa shape index (κ3) is 3.34. The number of hydrogen-bond acceptors (Lipinski definition) is 2. The van der Waals surface area contributed by atoms with Crippen LogP contribution in [0.25, 0.3) is 0 Å². The zero-order valence-corrected chi connectivity index (χ0v) is 16.1. The molecular formula is C24H32O2. The summed E-state index contributed by atoms with van der Waals surface area (Å²) < 4.78 is 0. The van der Waals surface area contributed by atoms with Gasteiger partial charge in [-0.1, -0.05) is 57.4 Å². The molecule has 2 aromatic carbocycles. The van der Waals surface area contributed by atoms with Crippen LogP contribution in [-0.4, -0.2) is 10.2 Å². The van der Waals surface area contributed by atoms with E-state index in [1.54, 1.807) is 0 Å². The van der Waals surface area contributed by atoms with Crippen LogP contribution in [0.4, 0.5) is 0 Å².